The summed E-state index contributed by atoms with van der Waals surface area (Å²) in [7, 11) is 1.41. The van der Waals surface area contributed by atoms with Gasteiger partial charge < -0.3 is 26.4 Å². The molecule has 0 bridgehead atoms. The predicted octanol–water partition coefficient (Wildman–Crippen LogP) is 5.63. The van der Waals surface area contributed by atoms with Gasteiger partial charge >= 0.3 is 0 Å². The molecule has 1 spiro atoms. The molecule has 5 rings (SSSR count). The van der Waals surface area contributed by atoms with Crippen LogP contribution in [0.3, 0.4) is 0 Å². The van der Waals surface area contributed by atoms with Crippen molar-refractivity contribution in [2.75, 3.05) is 17.7 Å². The van der Waals surface area contributed by atoms with Gasteiger partial charge in [-0.15, -0.1) is 0 Å². The summed E-state index contributed by atoms with van der Waals surface area (Å²) >= 11 is 12.5. The number of nitrogens with one attached hydrogen (secondary N) is 3. The summed E-state index contributed by atoms with van der Waals surface area (Å²) in [6.45, 7) is 6.10. The molecule has 2 aliphatic heterocycles. The Kier molecular flexibility index (Phi) is 7.72. The summed E-state index contributed by atoms with van der Waals surface area (Å²) in [5.74, 6) is -2.85. The molecule has 1 saturated heterocycles. The minimum Gasteiger partial charge on any atom is -0.495 e. The monoisotopic (exact) mass is 612 g/mol. The van der Waals surface area contributed by atoms with Crippen molar-refractivity contribution in [2.24, 2.45) is 11.1 Å². The van der Waals surface area contributed by atoms with E-state index in [4.69, 9.17) is 33.7 Å². The molecule has 3 aromatic carbocycles. The van der Waals surface area contributed by atoms with Gasteiger partial charge in [0.15, 0.2) is 5.82 Å². The summed E-state index contributed by atoms with van der Waals surface area (Å²) < 4.78 is 20.8. The van der Waals surface area contributed by atoms with Gasteiger partial charge in [-0.05, 0) is 59.4 Å². The van der Waals surface area contributed by atoms with Gasteiger partial charge in [0, 0.05) is 22.5 Å². The Morgan fingerprint density at radius 1 is 1.12 bits per heavy atom. The highest BCUT2D eigenvalue weighted by Gasteiger charge is 2.66. The molecule has 3 amide bonds. The van der Waals surface area contributed by atoms with Crippen LogP contribution in [0.25, 0.3) is 0 Å². The summed E-state index contributed by atoms with van der Waals surface area (Å²) in [5.41, 5.74) is 5.31. The first-order valence-corrected chi connectivity index (χ1v) is 14.1. The highest BCUT2D eigenvalue weighted by molar-refractivity contribution is 6.31. The number of benzene rings is 3. The van der Waals surface area contributed by atoms with E-state index in [1.165, 1.54) is 31.4 Å². The van der Waals surface area contributed by atoms with E-state index in [-0.39, 0.29) is 27.4 Å². The highest BCUT2D eigenvalue weighted by atomic mass is 35.5. The summed E-state index contributed by atoms with van der Waals surface area (Å²) in [4.78, 5) is 40.1. The number of hydrogen-bond acceptors (Lipinski definition) is 5. The van der Waals surface area contributed by atoms with Crippen LogP contribution >= 0.6 is 23.2 Å². The molecule has 1 fully saturated rings. The molecule has 42 heavy (non-hydrogen) atoms. The number of hydrogen-bond donors (Lipinski definition) is 4. The molecule has 0 unspecified atom stereocenters. The van der Waals surface area contributed by atoms with Gasteiger partial charge in [-0.3, -0.25) is 14.4 Å². The first-order valence-electron chi connectivity index (χ1n) is 13.4. The van der Waals surface area contributed by atoms with Gasteiger partial charge in [-0.2, -0.15) is 0 Å². The Bertz CT molecular complexity index is 1610. The molecular weight excluding hydrogens is 582 g/mol. The normalized spacial score (nSPS) is 23.0. The topological polar surface area (TPSA) is 123 Å². The lowest BCUT2D eigenvalue weighted by molar-refractivity contribution is -0.122. The highest BCUT2D eigenvalue weighted by Crippen LogP contribution is 2.57. The molecule has 220 valence electrons. The lowest BCUT2D eigenvalue weighted by Crippen LogP contribution is -2.49. The van der Waals surface area contributed by atoms with Crippen LogP contribution in [-0.4, -0.2) is 36.9 Å². The van der Waals surface area contributed by atoms with Crippen molar-refractivity contribution in [2.45, 2.75) is 50.6 Å². The zero-order valence-electron chi connectivity index (χ0n) is 23.5. The second-order valence-electron chi connectivity index (χ2n) is 11.9. The first kappa shape index (κ1) is 29.8. The predicted molar refractivity (Wildman–Crippen MR) is 161 cm³/mol. The zero-order valence-corrected chi connectivity index (χ0v) is 25.0. The van der Waals surface area contributed by atoms with Crippen LogP contribution < -0.4 is 26.4 Å². The maximum atomic E-state index is 15.4. The average Bonchev–Trinajstić information content (AvgIpc) is 3.41. The van der Waals surface area contributed by atoms with Crippen molar-refractivity contribution in [1.29, 1.82) is 0 Å². The molecule has 0 saturated carbocycles. The van der Waals surface area contributed by atoms with E-state index >= 15 is 4.39 Å². The number of carbonyl (C=O) groups is 3. The van der Waals surface area contributed by atoms with Crippen molar-refractivity contribution in [3.63, 3.8) is 0 Å². The van der Waals surface area contributed by atoms with Crippen LogP contribution in [-0.2, 0) is 15.0 Å². The quantitative estimate of drug-likeness (QED) is 0.287. The van der Waals surface area contributed by atoms with Gasteiger partial charge in [-0.1, -0.05) is 62.2 Å². The molecule has 0 aliphatic carbocycles. The molecule has 4 atom stereocenters. The largest absolute Gasteiger partial charge is 0.495 e. The third-order valence-corrected chi connectivity index (χ3v) is 8.49. The van der Waals surface area contributed by atoms with Crippen molar-refractivity contribution >= 4 is 52.3 Å². The number of anilines is 2. The second-order valence-corrected chi connectivity index (χ2v) is 12.7. The van der Waals surface area contributed by atoms with Gasteiger partial charge in [0.05, 0.1) is 29.5 Å². The Morgan fingerprint density at radius 2 is 1.86 bits per heavy atom. The number of amides is 3. The summed E-state index contributed by atoms with van der Waals surface area (Å²) in [6.07, 6.45) is 0.474. The van der Waals surface area contributed by atoms with Gasteiger partial charge in [0.2, 0.25) is 17.7 Å². The number of methoxy groups -OCH3 is 1. The van der Waals surface area contributed by atoms with Gasteiger partial charge in [0.25, 0.3) is 0 Å². The van der Waals surface area contributed by atoms with Crippen LogP contribution in [0.15, 0.2) is 54.6 Å². The minimum atomic E-state index is -1.39. The fourth-order valence-corrected chi connectivity index (χ4v) is 6.66. The van der Waals surface area contributed by atoms with E-state index in [0.717, 1.165) is 0 Å². The van der Waals surface area contributed by atoms with Crippen LogP contribution in [0.1, 0.15) is 54.6 Å². The lowest BCUT2D eigenvalue weighted by Gasteiger charge is -2.37. The molecule has 11 heteroatoms. The van der Waals surface area contributed by atoms with E-state index in [9.17, 15) is 14.4 Å². The Hall–Kier alpha value is -3.66. The molecule has 0 radical (unpaired) electrons. The Morgan fingerprint density at radius 3 is 2.50 bits per heavy atom. The van der Waals surface area contributed by atoms with Crippen molar-refractivity contribution < 1.29 is 23.5 Å². The van der Waals surface area contributed by atoms with Crippen LogP contribution in [0.5, 0.6) is 5.75 Å². The van der Waals surface area contributed by atoms with E-state index in [1.807, 2.05) is 20.8 Å². The van der Waals surface area contributed by atoms with Gasteiger partial charge in [0.1, 0.15) is 11.2 Å². The summed E-state index contributed by atoms with van der Waals surface area (Å²) in [5, 5.41) is 9.40. The summed E-state index contributed by atoms with van der Waals surface area (Å²) in [6, 6.07) is 12.9. The molecular formula is C31H31Cl2FN4O4. The van der Waals surface area contributed by atoms with Crippen LogP contribution in [0.2, 0.25) is 10.0 Å². The molecule has 2 aliphatic rings. The molecule has 0 aromatic heterocycles. The first-order chi connectivity index (χ1) is 19.8. The molecule has 3 aromatic rings. The Labute approximate surface area is 253 Å². The zero-order chi connectivity index (χ0) is 30.6. The number of nitrogens with two attached hydrogens (primary N) is 1. The third-order valence-electron chi connectivity index (χ3n) is 7.96. The fourth-order valence-electron chi connectivity index (χ4n) is 6.31. The van der Waals surface area contributed by atoms with E-state index in [1.54, 1.807) is 30.3 Å². The average molecular weight is 614 g/mol. The standard InChI is InChI=1S/C31H31Cl2FN4O4/c1-30(2,3)14-22-31(18-9-10-19(33)24(34)25(18)38-29(31)41)23(15-6-5-7-17(32)12-15)26(37-22)28(40)36-20-11-8-16(27(35)39)13-21(20)42-4/h5-13,22-23,26,37H,14H2,1-4H3,(H2,35,39)(H,36,40)(H,38,41)/t22-,23-,26+,31+/m0/s1. The SMILES string of the molecule is COc1cc(C(N)=O)ccc1NC(=O)[C@@H]1N[C@@H](CC(C)(C)C)[C@@]2(C(=O)Nc3c2ccc(Cl)c3F)[C@H]1c1cccc(Cl)c1. The van der Waals surface area contributed by atoms with Crippen molar-refractivity contribution in [3.05, 3.63) is 87.2 Å². The maximum absolute atomic E-state index is 15.4. The number of primary amides is 1. The second kappa shape index (κ2) is 10.9. The number of ether oxygens (including phenoxy) is 1. The number of carbonyl (C=O) groups excluding carboxylic acids is 3. The van der Waals surface area contributed by atoms with Crippen LogP contribution in [0, 0.1) is 11.2 Å². The van der Waals surface area contributed by atoms with E-state index < -0.39 is 47.0 Å². The number of fused-ring (bicyclic) bond motifs is 2. The smallest absolute Gasteiger partial charge is 0.248 e. The maximum Gasteiger partial charge on any atom is 0.248 e. The fraction of sp³-hybridized carbons (Fsp3) is 0.323. The molecule has 8 nitrogen and oxygen atoms in total. The lowest BCUT2D eigenvalue weighted by atomic mass is 9.62. The number of rotatable bonds is 6. The van der Waals surface area contributed by atoms with Crippen molar-refractivity contribution in [3.8, 4) is 5.75 Å². The number of halogens is 3. The Balaban J connectivity index is 1.69. The third kappa shape index (κ3) is 4.99. The van der Waals surface area contributed by atoms with E-state index in [0.29, 0.717) is 28.3 Å². The van der Waals surface area contributed by atoms with Gasteiger partial charge in [-0.25, -0.2) is 4.39 Å². The van der Waals surface area contributed by atoms with Crippen molar-refractivity contribution in [1.82, 2.24) is 5.32 Å². The molecule has 2 heterocycles. The molecule has 5 N–H and O–H groups in total. The van der Waals surface area contributed by atoms with E-state index in [2.05, 4.69) is 16.0 Å². The van der Waals surface area contributed by atoms with Crippen LogP contribution in [0.4, 0.5) is 15.8 Å². The minimum absolute atomic E-state index is 0.00463.